The van der Waals surface area contributed by atoms with Gasteiger partial charge in [0.25, 0.3) is 5.91 Å². The summed E-state index contributed by atoms with van der Waals surface area (Å²) < 4.78 is 20.1. The Bertz CT molecular complexity index is 1320. The molecular formula is C27H31FN4O3. The first-order chi connectivity index (χ1) is 16.6. The van der Waals surface area contributed by atoms with E-state index < -0.39 is 11.4 Å². The van der Waals surface area contributed by atoms with Gasteiger partial charge in [-0.25, -0.2) is 9.18 Å². The second-order valence-corrected chi connectivity index (χ2v) is 9.73. The molecular weight excluding hydrogens is 447 g/mol. The summed E-state index contributed by atoms with van der Waals surface area (Å²) in [7, 11) is 0. The summed E-state index contributed by atoms with van der Waals surface area (Å²) in [5, 5.41) is 11.3. The minimum atomic E-state index is -0.530. The minimum Gasteiger partial charge on any atom is -0.444 e. The topological polar surface area (TPSA) is 87.3 Å². The van der Waals surface area contributed by atoms with Crippen molar-refractivity contribution in [2.24, 2.45) is 0 Å². The number of hydrogen-bond acceptors (Lipinski definition) is 4. The average molecular weight is 479 g/mol. The minimum absolute atomic E-state index is 0.289. The molecule has 0 radical (unpaired) electrons. The number of hydrogen-bond donors (Lipinski definition) is 2. The maximum Gasteiger partial charge on any atom is 0.410 e. The molecule has 0 unspecified atom stereocenters. The van der Waals surface area contributed by atoms with E-state index in [1.165, 1.54) is 6.07 Å². The van der Waals surface area contributed by atoms with Gasteiger partial charge in [-0.15, -0.1) is 0 Å². The Morgan fingerprint density at radius 3 is 2.66 bits per heavy atom. The lowest BCUT2D eigenvalue weighted by Crippen LogP contribution is -2.39. The zero-order valence-corrected chi connectivity index (χ0v) is 20.8. The predicted octanol–water partition coefficient (Wildman–Crippen LogP) is 5.45. The Labute approximate surface area is 204 Å². The number of aromatic amines is 1. The van der Waals surface area contributed by atoms with Gasteiger partial charge in [-0.2, -0.15) is 5.10 Å². The molecule has 3 aromatic rings. The quantitative estimate of drug-likeness (QED) is 0.522. The second-order valence-electron chi connectivity index (χ2n) is 9.73. The van der Waals surface area contributed by atoms with Crippen LogP contribution in [-0.4, -0.2) is 52.3 Å². The van der Waals surface area contributed by atoms with Crippen LogP contribution in [0.1, 0.15) is 55.7 Å². The van der Waals surface area contributed by atoms with E-state index in [0.717, 1.165) is 27.7 Å². The normalized spacial score (nSPS) is 14.1. The molecule has 0 atom stereocenters. The number of ether oxygens (including phenoxy) is 1. The Kier molecular flexibility index (Phi) is 6.65. The summed E-state index contributed by atoms with van der Waals surface area (Å²) >= 11 is 0. The second kappa shape index (κ2) is 9.52. The molecule has 2 N–H and O–H groups in total. The molecule has 0 saturated carbocycles. The lowest BCUT2D eigenvalue weighted by Gasteiger charge is -2.29. The van der Waals surface area contributed by atoms with E-state index in [-0.39, 0.29) is 17.6 Å². The van der Waals surface area contributed by atoms with Crippen molar-refractivity contribution in [1.82, 2.24) is 20.4 Å². The zero-order valence-electron chi connectivity index (χ0n) is 20.8. The number of rotatable bonds is 4. The van der Waals surface area contributed by atoms with Crippen molar-refractivity contribution in [2.45, 2.75) is 46.6 Å². The lowest BCUT2D eigenvalue weighted by molar-refractivity contribution is 0.0270. The van der Waals surface area contributed by atoms with Crippen molar-refractivity contribution in [3.05, 3.63) is 59.0 Å². The van der Waals surface area contributed by atoms with Gasteiger partial charge >= 0.3 is 6.09 Å². The summed E-state index contributed by atoms with van der Waals surface area (Å²) in [4.78, 5) is 26.3. The molecule has 1 aliphatic heterocycles. The molecule has 0 bridgehead atoms. The average Bonchev–Trinajstić information content (AvgIpc) is 3.23. The third-order valence-electron chi connectivity index (χ3n) is 5.98. The Morgan fingerprint density at radius 2 is 2.00 bits per heavy atom. The van der Waals surface area contributed by atoms with Crippen molar-refractivity contribution < 1.29 is 18.7 Å². The number of halogens is 1. The van der Waals surface area contributed by atoms with Crippen LogP contribution in [0.2, 0.25) is 0 Å². The molecule has 0 fully saturated rings. The van der Waals surface area contributed by atoms with E-state index in [4.69, 9.17) is 4.74 Å². The molecule has 184 valence electrons. The summed E-state index contributed by atoms with van der Waals surface area (Å²) in [5.41, 5.74) is 4.41. The maximum atomic E-state index is 14.6. The molecule has 2 aromatic carbocycles. The van der Waals surface area contributed by atoms with Crippen LogP contribution in [0.4, 0.5) is 9.18 Å². The fourth-order valence-corrected chi connectivity index (χ4v) is 4.18. The van der Waals surface area contributed by atoms with Crippen LogP contribution in [0.15, 0.2) is 36.4 Å². The fourth-order valence-electron chi connectivity index (χ4n) is 4.18. The van der Waals surface area contributed by atoms with Gasteiger partial charge in [0, 0.05) is 30.6 Å². The highest BCUT2D eigenvalue weighted by Crippen LogP contribution is 2.33. The van der Waals surface area contributed by atoms with Gasteiger partial charge in [0.05, 0.1) is 11.2 Å². The van der Waals surface area contributed by atoms with Crippen molar-refractivity contribution in [2.75, 3.05) is 19.6 Å². The number of carbonyl (C=O) groups is 2. The van der Waals surface area contributed by atoms with E-state index in [2.05, 4.69) is 15.5 Å². The Hall–Kier alpha value is -3.68. The third-order valence-corrected chi connectivity index (χ3v) is 5.98. The smallest absolute Gasteiger partial charge is 0.410 e. The van der Waals surface area contributed by atoms with Crippen LogP contribution in [0, 0.1) is 12.7 Å². The van der Waals surface area contributed by atoms with Crippen LogP contribution >= 0.6 is 0 Å². The highest BCUT2D eigenvalue weighted by molar-refractivity contribution is 5.97. The molecule has 0 spiro atoms. The highest BCUT2D eigenvalue weighted by Gasteiger charge is 2.25. The van der Waals surface area contributed by atoms with Gasteiger partial charge in [0.1, 0.15) is 11.4 Å². The van der Waals surface area contributed by atoms with Crippen LogP contribution in [0.3, 0.4) is 0 Å². The number of H-pyrrole nitrogens is 1. The molecule has 1 aliphatic rings. The summed E-state index contributed by atoms with van der Waals surface area (Å²) in [6, 6.07) is 8.79. The van der Waals surface area contributed by atoms with Crippen molar-refractivity contribution in [1.29, 1.82) is 0 Å². The fraction of sp³-hybridized carbons (Fsp3) is 0.370. The largest absolute Gasteiger partial charge is 0.444 e. The molecule has 4 rings (SSSR count). The van der Waals surface area contributed by atoms with E-state index in [0.29, 0.717) is 37.2 Å². The molecule has 8 heteroatoms. The Morgan fingerprint density at radius 1 is 1.23 bits per heavy atom. The van der Waals surface area contributed by atoms with Gasteiger partial charge in [-0.3, -0.25) is 9.89 Å². The van der Waals surface area contributed by atoms with Crippen LogP contribution in [0.5, 0.6) is 0 Å². The summed E-state index contributed by atoms with van der Waals surface area (Å²) in [6.07, 6.45) is 2.35. The van der Waals surface area contributed by atoms with E-state index in [1.54, 1.807) is 17.9 Å². The molecule has 1 aromatic heterocycles. The van der Waals surface area contributed by atoms with Crippen molar-refractivity contribution in [3.8, 4) is 11.1 Å². The summed E-state index contributed by atoms with van der Waals surface area (Å²) in [5.74, 6) is -0.724. The number of amides is 2. The predicted molar refractivity (Wildman–Crippen MR) is 135 cm³/mol. The first kappa shape index (κ1) is 24.4. The van der Waals surface area contributed by atoms with E-state index >= 15 is 0 Å². The number of carbonyl (C=O) groups excluding carboxylic acids is 2. The third kappa shape index (κ3) is 5.21. The number of nitrogens with zero attached hydrogens (tertiary/aromatic N) is 2. The molecule has 35 heavy (non-hydrogen) atoms. The van der Waals surface area contributed by atoms with E-state index in [1.807, 2.05) is 52.0 Å². The lowest BCUT2D eigenvalue weighted by atomic mass is 9.95. The standard InChI is InChI=1S/C27H31FN4O3/c1-6-29-25(33)19-13-21(16(2)22(28)14-19)18-7-8-20-23(15-18)30-31-24(20)17-9-11-32(12-10-17)26(34)35-27(3,4)5/h7-9,13-15H,6,10-12H2,1-5H3,(H,29,33)(H,30,31). The number of benzene rings is 2. The van der Waals surface area contributed by atoms with Crippen LogP contribution < -0.4 is 5.32 Å². The van der Waals surface area contributed by atoms with E-state index in [9.17, 15) is 14.0 Å². The number of fused-ring (bicyclic) bond motifs is 1. The highest BCUT2D eigenvalue weighted by atomic mass is 19.1. The molecule has 2 amide bonds. The zero-order chi connectivity index (χ0) is 25.3. The monoisotopic (exact) mass is 478 g/mol. The van der Waals surface area contributed by atoms with Crippen molar-refractivity contribution in [3.63, 3.8) is 0 Å². The SMILES string of the molecule is CCNC(=O)c1cc(F)c(C)c(-c2ccc3c(C4=CCN(C(=O)OC(C)(C)C)CC4)n[nH]c3c2)c1. The maximum absolute atomic E-state index is 14.6. The molecule has 7 nitrogen and oxygen atoms in total. The Balaban J connectivity index is 1.61. The van der Waals surface area contributed by atoms with Gasteiger partial charge in [0.2, 0.25) is 0 Å². The van der Waals surface area contributed by atoms with Crippen LogP contribution in [0.25, 0.3) is 27.6 Å². The number of aromatic nitrogens is 2. The van der Waals surface area contributed by atoms with Gasteiger partial charge in [-0.1, -0.05) is 12.1 Å². The van der Waals surface area contributed by atoms with Crippen molar-refractivity contribution >= 4 is 28.5 Å². The van der Waals surface area contributed by atoms with Gasteiger partial charge < -0.3 is 15.0 Å². The first-order valence-corrected chi connectivity index (χ1v) is 11.8. The molecule has 2 heterocycles. The molecule has 0 saturated heterocycles. The van der Waals surface area contributed by atoms with Crippen LogP contribution in [-0.2, 0) is 4.74 Å². The van der Waals surface area contributed by atoms with Gasteiger partial charge in [-0.05, 0) is 87.6 Å². The first-order valence-electron chi connectivity index (χ1n) is 11.8. The molecule has 0 aliphatic carbocycles. The van der Waals surface area contributed by atoms with Gasteiger partial charge in [0.15, 0.2) is 0 Å². The number of nitrogens with one attached hydrogen (secondary N) is 2. The summed E-state index contributed by atoms with van der Waals surface area (Å²) in [6.45, 7) is 10.6.